The van der Waals surface area contributed by atoms with Crippen molar-refractivity contribution in [3.63, 3.8) is 0 Å². The van der Waals surface area contributed by atoms with Gasteiger partial charge in [-0.25, -0.2) is 8.42 Å². The van der Waals surface area contributed by atoms with Gasteiger partial charge in [0.2, 0.25) is 11.8 Å². The Labute approximate surface area is 223 Å². The second kappa shape index (κ2) is 11.5. The normalized spacial score (nSPS) is 14.6. The summed E-state index contributed by atoms with van der Waals surface area (Å²) in [6.45, 7) is 0.127. The van der Waals surface area contributed by atoms with Crippen molar-refractivity contribution < 1.29 is 22.7 Å². The summed E-state index contributed by atoms with van der Waals surface area (Å²) < 4.78 is 32.8. The number of carbonyl (C=O) groups excluding carboxylic acids is 2. The van der Waals surface area contributed by atoms with Crippen molar-refractivity contribution in [1.82, 2.24) is 15.1 Å². The van der Waals surface area contributed by atoms with Crippen LogP contribution in [-0.2, 0) is 19.6 Å². The van der Waals surface area contributed by atoms with Gasteiger partial charge in [-0.1, -0.05) is 54.3 Å². The lowest BCUT2D eigenvalue weighted by Crippen LogP contribution is -2.31. The molecule has 2 N–H and O–H groups in total. The fourth-order valence-corrected chi connectivity index (χ4v) is 5.53. The molecule has 4 rings (SSSR count). The van der Waals surface area contributed by atoms with E-state index in [0.29, 0.717) is 14.9 Å². The summed E-state index contributed by atoms with van der Waals surface area (Å²) in [5.41, 5.74) is 1.29. The zero-order chi connectivity index (χ0) is 26.4. The molecule has 0 aliphatic carbocycles. The first-order valence-electron chi connectivity index (χ1n) is 10.9. The summed E-state index contributed by atoms with van der Waals surface area (Å²) >= 11 is 6.52. The number of sulfonamides is 1. The Morgan fingerprint density at radius 2 is 1.81 bits per heavy atom. The summed E-state index contributed by atoms with van der Waals surface area (Å²) in [6.07, 6.45) is 1.79. The van der Waals surface area contributed by atoms with Crippen LogP contribution in [0, 0.1) is 0 Å². The number of methoxy groups -OCH3 is 1. The third kappa shape index (κ3) is 6.70. The van der Waals surface area contributed by atoms with Crippen LogP contribution in [0.1, 0.15) is 12.0 Å². The molecule has 10 nitrogen and oxygen atoms in total. The number of nitrogens with zero attached hydrogens (tertiary/aromatic N) is 3. The van der Waals surface area contributed by atoms with E-state index < -0.39 is 10.0 Å². The second-order valence-corrected chi connectivity index (χ2v) is 11.0. The lowest BCUT2D eigenvalue weighted by molar-refractivity contribution is -0.122. The first kappa shape index (κ1) is 26.3. The summed E-state index contributed by atoms with van der Waals surface area (Å²) in [5.74, 6) is -0.298. The van der Waals surface area contributed by atoms with E-state index in [1.165, 1.54) is 60.2 Å². The Bertz CT molecular complexity index is 1440. The summed E-state index contributed by atoms with van der Waals surface area (Å²) in [4.78, 5) is 27.1. The van der Waals surface area contributed by atoms with E-state index >= 15 is 0 Å². The van der Waals surface area contributed by atoms with Gasteiger partial charge >= 0.3 is 0 Å². The number of carbonyl (C=O) groups is 2. The molecule has 0 radical (unpaired) electrons. The maximum Gasteiger partial charge on any atom is 0.266 e. The van der Waals surface area contributed by atoms with E-state index in [1.807, 2.05) is 30.3 Å². The highest BCUT2D eigenvalue weighted by molar-refractivity contribution is 8.26. The molecule has 0 spiro atoms. The third-order valence-corrected chi connectivity index (χ3v) is 7.82. The average Bonchev–Trinajstić information content (AvgIpc) is 3.15. The Hall–Kier alpha value is -3.81. The number of anilines is 2. The minimum absolute atomic E-state index is 0.0167. The highest BCUT2D eigenvalue weighted by Crippen LogP contribution is 2.32. The van der Waals surface area contributed by atoms with Crippen LogP contribution in [0.25, 0.3) is 6.08 Å². The number of aromatic nitrogens is 2. The fourth-order valence-electron chi connectivity index (χ4n) is 3.23. The molecule has 190 valence electrons. The lowest BCUT2D eigenvalue weighted by atomic mass is 10.2. The van der Waals surface area contributed by atoms with Crippen LogP contribution < -0.4 is 14.8 Å². The fraction of sp³-hybridized carbons (Fsp3) is 0.125. The van der Waals surface area contributed by atoms with Gasteiger partial charge in [0.1, 0.15) is 4.32 Å². The van der Waals surface area contributed by atoms with Gasteiger partial charge in [0.15, 0.2) is 5.82 Å². The number of hydrogen-bond donors (Lipinski definition) is 2. The molecule has 13 heteroatoms. The van der Waals surface area contributed by atoms with Gasteiger partial charge < -0.3 is 10.1 Å². The van der Waals surface area contributed by atoms with E-state index in [1.54, 1.807) is 6.08 Å². The first-order chi connectivity index (χ1) is 17.7. The van der Waals surface area contributed by atoms with Gasteiger partial charge in [-0.05, 0) is 42.0 Å². The highest BCUT2D eigenvalue weighted by Gasteiger charge is 2.32. The molecular weight excluding hydrogens is 534 g/mol. The zero-order valence-electron chi connectivity index (χ0n) is 19.5. The summed E-state index contributed by atoms with van der Waals surface area (Å²) in [7, 11) is -2.49. The first-order valence-corrected chi connectivity index (χ1v) is 13.6. The van der Waals surface area contributed by atoms with Crippen molar-refractivity contribution in [1.29, 1.82) is 0 Å². The maximum atomic E-state index is 12.7. The lowest BCUT2D eigenvalue weighted by Gasteiger charge is -2.14. The smallest absolute Gasteiger partial charge is 0.266 e. The molecule has 0 unspecified atom stereocenters. The molecule has 1 aliphatic rings. The predicted molar refractivity (Wildman–Crippen MR) is 145 cm³/mol. The van der Waals surface area contributed by atoms with Crippen LogP contribution in [0.15, 0.2) is 76.5 Å². The molecule has 2 heterocycles. The Morgan fingerprint density at radius 3 is 2.46 bits per heavy atom. The molecule has 0 atom stereocenters. The van der Waals surface area contributed by atoms with Gasteiger partial charge in [0.05, 0.1) is 16.9 Å². The zero-order valence-corrected chi connectivity index (χ0v) is 21.9. The van der Waals surface area contributed by atoms with Crippen molar-refractivity contribution in [3.8, 4) is 5.88 Å². The van der Waals surface area contributed by atoms with Crippen LogP contribution in [0.2, 0.25) is 0 Å². The second-order valence-electron chi connectivity index (χ2n) is 7.63. The Balaban J connectivity index is 1.31. The minimum atomic E-state index is -3.91. The summed E-state index contributed by atoms with van der Waals surface area (Å²) in [5, 5.41) is 10.2. The molecule has 2 aromatic carbocycles. The molecule has 1 aliphatic heterocycles. The van der Waals surface area contributed by atoms with Crippen molar-refractivity contribution >= 4 is 67.7 Å². The summed E-state index contributed by atoms with van der Waals surface area (Å²) in [6, 6.07) is 18.0. The third-order valence-electron chi connectivity index (χ3n) is 5.07. The van der Waals surface area contributed by atoms with E-state index in [0.717, 1.165) is 5.56 Å². The number of thiocarbonyl (C=S) groups is 1. The topological polar surface area (TPSA) is 131 Å². The number of ether oxygens (including phenoxy) is 1. The number of thioether (sulfide) groups is 1. The molecular formula is C24H21N5O5S3. The Morgan fingerprint density at radius 1 is 1.08 bits per heavy atom. The van der Waals surface area contributed by atoms with Crippen LogP contribution in [0.5, 0.6) is 5.88 Å². The largest absolute Gasteiger partial charge is 0.480 e. The number of benzene rings is 2. The van der Waals surface area contributed by atoms with E-state index in [2.05, 4.69) is 20.2 Å². The number of rotatable bonds is 9. The predicted octanol–water partition coefficient (Wildman–Crippen LogP) is 3.52. The highest BCUT2D eigenvalue weighted by atomic mass is 32.2. The number of amides is 2. The molecule has 1 fully saturated rings. The molecule has 1 aromatic heterocycles. The number of hydrogen-bond acceptors (Lipinski definition) is 9. The van der Waals surface area contributed by atoms with E-state index in [-0.39, 0.29) is 41.4 Å². The van der Waals surface area contributed by atoms with Crippen molar-refractivity contribution in [2.24, 2.45) is 0 Å². The van der Waals surface area contributed by atoms with E-state index in [9.17, 15) is 18.0 Å². The van der Waals surface area contributed by atoms with Gasteiger partial charge in [-0.15, -0.1) is 10.2 Å². The molecule has 3 aromatic rings. The average molecular weight is 556 g/mol. The van der Waals surface area contributed by atoms with Crippen LogP contribution in [-0.4, -0.2) is 53.3 Å². The SMILES string of the molecule is COc1ccc(NS(=O)(=O)c2ccc(NC(=O)CCN3C(=O)/C(=C/c4ccccc4)SC3=S)cc2)nn1. The molecule has 2 amide bonds. The van der Waals surface area contributed by atoms with Crippen molar-refractivity contribution in [2.75, 3.05) is 23.7 Å². The van der Waals surface area contributed by atoms with Crippen LogP contribution in [0.3, 0.4) is 0 Å². The van der Waals surface area contributed by atoms with Gasteiger partial charge in [0, 0.05) is 24.7 Å². The molecule has 0 saturated carbocycles. The molecule has 1 saturated heterocycles. The maximum absolute atomic E-state index is 12.7. The Kier molecular flexibility index (Phi) is 8.16. The van der Waals surface area contributed by atoms with Gasteiger partial charge in [0.25, 0.3) is 15.9 Å². The monoisotopic (exact) mass is 555 g/mol. The van der Waals surface area contributed by atoms with Gasteiger partial charge in [-0.3, -0.25) is 19.2 Å². The standard InChI is InChI=1S/C24H21N5O5S3/c1-34-22-12-11-20(26-27-22)28-37(32,33)18-9-7-17(8-10-18)25-21(30)13-14-29-23(31)19(36-24(29)35)15-16-5-3-2-4-6-16/h2-12,15H,13-14H2,1H3,(H,25,30)(H,26,28)/b19-15-. The van der Waals surface area contributed by atoms with Gasteiger partial charge in [-0.2, -0.15) is 0 Å². The number of nitrogens with one attached hydrogen (secondary N) is 2. The molecule has 0 bridgehead atoms. The molecule has 37 heavy (non-hydrogen) atoms. The van der Waals surface area contributed by atoms with E-state index in [4.69, 9.17) is 17.0 Å². The van der Waals surface area contributed by atoms with Crippen LogP contribution >= 0.6 is 24.0 Å². The van der Waals surface area contributed by atoms with Crippen LogP contribution in [0.4, 0.5) is 11.5 Å². The van der Waals surface area contributed by atoms with Crippen molar-refractivity contribution in [2.45, 2.75) is 11.3 Å². The van der Waals surface area contributed by atoms with Crippen molar-refractivity contribution in [3.05, 3.63) is 77.2 Å². The minimum Gasteiger partial charge on any atom is -0.480 e. The quantitative estimate of drug-likeness (QED) is 0.301.